The second kappa shape index (κ2) is 11.5. The summed E-state index contributed by atoms with van der Waals surface area (Å²) in [4.78, 5) is 0. The van der Waals surface area contributed by atoms with Crippen LogP contribution < -0.4 is 0 Å². The Bertz CT molecular complexity index is 423. The Labute approximate surface area is 170 Å². The van der Waals surface area contributed by atoms with Gasteiger partial charge in [0.15, 0.2) is 0 Å². The monoisotopic (exact) mass is 370 g/mol. The number of hydrogen-bond acceptors (Lipinski definition) is 0. The van der Waals surface area contributed by atoms with Crippen LogP contribution in [-0.4, -0.2) is 0 Å². The first-order valence-electron chi connectivity index (χ1n) is 12.6. The molecule has 0 heteroatoms. The molecule has 0 spiro atoms. The first kappa shape index (κ1) is 21.2. The Morgan fingerprint density at radius 2 is 1.19 bits per heavy atom. The normalized spacial score (nSPS) is 38.1. The maximum Gasteiger partial charge on any atom is -0.0233 e. The minimum atomic E-state index is 0.798. The van der Waals surface area contributed by atoms with Crippen molar-refractivity contribution in [2.75, 3.05) is 0 Å². The number of rotatable bonds is 8. The van der Waals surface area contributed by atoms with Gasteiger partial charge in [0.2, 0.25) is 0 Å². The quantitative estimate of drug-likeness (QED) is 0.375. The molecule has 3 saturated carbocycles. The summed E-state index contributed by atoms with van der Waals surface area (Å²) in [6.45, 7) is 6.32. The maximum absolute atomic E-state index is 3.96. The second-order valence-corrected chi connectivity index (χ2v) is 10.3. The summed E-state index contributed by atoms with van der Waals surface area (Å²) in [7, 11) is 0. The lowest BCUT2D eigenvalue weighted by Crippen LogP contribution is -2.25. The SMILES string of the molecule is C=C[C@H]1CC[C@H](C=CCC[C@H]2CC[C@H]([C@H]3CC[C@H](CCC)CC3)CC2)CC1. The van der Waals surface area contributed by atoms with Gasteiger partial charge < -0.3 is 0 Å². The van der Waals surface area contributed by atoms with E-state index in [1.54, 1.807) is 25.7 Å². The molecule has 0 unspecified atom stereocenters. The van der Waals surface area contributed by atoms with Crippen molar-refractivity contribution < 1.29 is 0 Å². The van der Waals surface area contributed by atoms with E-state index < -0.39 is 0 Å². The van der Waals surface area contributed by atoms with E-state index in [1.807, 2.05) is 0 Å². The zero-order valence-electron chi connectivity index (χ0n) is 18.2. The molecular weight excluding hydrogens is 324 g/mol. The van der Waals surface area contributed by atoms with Gasteiger partial charge in [-0.15, -0.1) is 6.58 Å². The third-order valence-corrected chi connectivity index (χ3v) is 8.45. The van der Waals surface area contributed by atoms with Gasteiger partial charge in [0.05, 0.1) is 0 Å². The van der Waals surface area contributed by atoms with E-state index in [0.717, 1.165) is 35.5 Å². The molecule has 0 aromatic heterocycles. The smallest absolute Gasteiger partial charge is 0.0233 e. The number of hydrogen-bond donors (Lipinski definition) is 0. The first-order valence-corrected chi connectivity index (χ1v) is 12.6. The predicted octanol–water partition coefficient (Wildman–Crippen LogP) is 8.73. The largest absolute Gasteiger partial charge is 0.103 e. The summed E-state index contributed by atoms with van der Waals surface area (Å²) in [6, 6.07) is 0. The molecule has 0 N–H and O–H groups in total. The van der Waals surface area contributed by atoms with Crippen molar-refractivity contribution in [3.63, 3.8) is 0 Å². The van der Waals surface area contributed by atoms with E-state index in [4.69, 9.17) is 0 Å². The molecule has 0 amide bonds. The van der Waals surface area contributed by atoms with Crippen molar-refractivity contribution in [1.29, 1.82) is 0 Å². The van der Waals surface area contributed by atoms with Gasteiger partial charge in [-0.1, -0.05) is 63.7 Å². The number of allylic oxidation sites excluding steroid dienone is 3. The molecule has 27 heavy (non-hydrogen) atoms. The topological polar surface area (TPSA) is 0 Å². The van der Waals surface area contributed by atoms with Crippen LogP contribution in [0.1, 0.15) is 110 Å². The summed E-state index contributed by atoms with van der Waals surface area (Å²) in [5.41, 5.74) is 0. The molecule has 3 rings (SSSR count). The van der Waals surface area contributed by atoms with Crippen LogP contribution in [0.3, 0.4) is 0 Å². The van der Waals surface area contributed by atoms with Gasteiger partial charge in [0.1, 0.15) is 0 Å². The third kappa shape index (κ3) is 6.79. The van der Waals surface area contributed by atoms with Gasteiger partial charge in [0.25, 0.3) is 0 Å². The lowest BCUT2D eigenvalue weighted by Gasteiger charge is -2.38. The molecule has 0 aliphatic heterocycles. The fraction of sp³-hybridized carbons (Fsp3) is 0.852. The Kier molecular flexibility index (Phi) is 9.01. The van der Waals surface area contributed by atoms with Crippen molar-refractivity contribution >= 4 is 0 Å². The highest BCUT2D eigenvalue weighted by atomic mass is 14.4. The van der Waals surface area contributed by atoms with Crippen LogP contribution >= 0.6 is 0 Å². The summed E-state index contributed by atoms with van der Waals surface area (Å²) in [6.07, 6.45) is 30.8. The molecular formula is C27H46. The Balaban J connectivity index is 1.27. The van der Waals surface area contributed by atoms with E-state index in [2.05, 4.69) is 31.7 Å². The van der Waals surface area contributed by atoms with Crippen LogP contribution in [0.4, 0.5) is 0 Å². The van der Waals surface area contributed by atoms with Gasteiger partial charge in [-0.3, -0.25) is 0 Å². The zero-order chi connectivity index (χ0) is 18.9. The van der Waals surface area contributed by atoms with E-state index >= 15 is 0 Å². The molecule has 0 saturated heterocycles. The van der Waals surface area contributed by atoms with Crippen molar-refractivity contribution in [3.05, 3.63) is 24.8 Å². The zero-order valence-corrected chi connectivity index (χ0v) is 18.2. The van der Waals surface area contributed by atoms with Gasteiger partial charge in [-0.2, -0.15) is 0 Å². The molecule has 0 bridgehead atoms. The maximum atomic E-state index is 3.96. The standard InChI is InChI=1S/C27H46/c1-3-7-23-14-18-26(19-15-23)27-20-16-25(17-21-27)9-6-5-8-24-12-10-22(4-2)11-13-24/h4-5,8,22-27H,2-3,6-7,9-21H2,1H3/t22-,23-,24-,25-,26-,27-. The van der Waals surface area contributed by atoms with Gasteiger partial charge >= 0.3 is 0 Å². The molecule has 0 aromatic carbocycles. The van der Waals surface area contributed by atoms with Crippen LogP contribution in [-0.2, 0) is 0 Å². The van der Waals surface area contributed by atoms with Crippen LogP contribution in [0, 0.1) is 35.5 Å². The molecule has 0 heterocycles. The highest BCUT2D eigenvalue weighted by molar-refractivity contribution is 4.94. The molecule has 3 fully saturated rings. The molecule has 0 aromatic rings. The van der Waals surface area contributed by atoms with Crippen molar-refractivity contribution in [2.24, 2.45) is 35.5 Å². The van der Waals surface area contributed by atoms with E-state index in [1.165, 1.54) is 77.0 Å². The molecule has 0 nitrogen and oxygen atoms in total. The Hall–Kier alpha value is -0.520. The molecule has 0 atom stereocenters. The van der Waals surface area contributed by atoms with E-state index in [9.17, 15) is 0 Å². The molecule has 154 valence electrons. The molecule has 0 radical (unpaired) electrons. The Morgan fingerprint density at radius 3 is 1.70 bits per heavy atom. The highest BCUT2D eigenvalue weighted by Gasteiger charge is 2.30. The van der Waals surface area contributed by atoms with Crippen LogP contribution in [0.5, 0.6) is 0 Å². The highest BCUT2D eigenvalue weighted by Crippen LogP contribution is 2.43. The summed E-state index contributed by atoms with van der Waals surface area (Å²) in [5, 5.41) is 0. The predicted molar refractivity (Wildman–Crippen MR) is 120 cm³/mol. The molecule has 3 aliphatic carbocycles. The lowest BCUT2D eigenvalue weighted by atomic mass is 9.68. The molecule has 3 aliphatic rings. The first-order chi connectivity index (χ1) is 13.3. The second-order valence-electron chi connectivity index (χ2n) is 10.3. The average molecular weight is 371 g/mol. The fourth-order valence-electron chi connectivity index (χ4n) is 6.50. The van der Waals surface area contributed by atoms with Crippen LogP contribution in [0.2, 0.25) is 0 Å². The Morgan fingerprint density at radius 1 is 0.667 bits per heavy atom. The van der Waals surface area contributed by atoms with Crippen molar-refractivity contribution in [3.8, 4) is 0 Å². The van der Waals surface area contributed by atoms with Gasteiger partial charge in [0, 0.05) is 0 Å². The summed E-state index contributed by atoms with van der Waals surface area (Å²) in [5.74, 6) is 5.93. The van der Waals surface area contributed by atoms with E-state index in [0.29, 0.717) is 0 Å². The summed E-state index contributed by atoms with van der Waals surface area (Å²) < 4.78 is 0. The van der Waals surface area contributed by atoms with E-state index in [-0.39, 0.29) is 0 Å². The summed E-state index contributed by atoms with van der Waals surface area (Å²) >= 11 is 0. The fourth-order valence-corrected chi connectivity index (χ4v) is 6.50. The lowest BCUT2D eigenvalue weighted by molar-refractivity contribution is 0.141. The minimum absolute atomic E-state index is 0.798. The van der Waals surface area contributed by atoms with Crippen molar-refractivity contribution in [1.82, 2.24) is 0 Å². The van der Waals surface area contributed by atoms with Crippen molar-refractivity contribution in [2.45, 2.75) is 110 Å². The minimum Gasteiger partial charge on any atom is -0.103 e. The van der Waals surface area contributed by atoms with Gasteiger partial charge in [-0.25, -0.2) is 0 Å². The van der Waals surface area contributed by atoms with Gasteiger partial charge in [-0.05, 0) is 99.7 Å². The van der Waals surface area contributed by atoms with Crippen LogP contribution in [0.25, 0.3) is 0 Å². The van der Waals surface area contributed by atoms with Crippen LogP contribution in [0.15, 0.2) is 24.8 Å². The third-order valence-electron chi connectivity index (χ3n) is 8.45. The average Bonchev–Trinajstić information content (AvgIpc) is 2.73.